The van der Waals surface area contributed by atoms with Crippen molar-refractivity contribution in [1.82, 2.24) is 0 Å². The van der Waals surface area contributed by atoms with Crippen molar-refractivity contribution < 1.29 is 8.78 Å². The van der Waals surface area contributed by atoms with Gasteiger partial charge in [-0.25, -0.2) is 8.78 Å². The summed E-state index contributed by atoms with van der Waals surface area (Å²) in [6, 6.07) is 0. The van der Waals surface area contributed by atoms with Crippen LogP contribution in [0, 0.1) is 11.3 Å². The molecule has 0 aliphatic carbocycles. The molecule has 74 valence electrons. The minimum Gasteiger partial charge on any atom is -0.206 e. The lowest BCUT2D eigenvalue weighted by Crippen LogP contribution is -2.41. The molecule has 0 aromatic heterocycles. The molecule has 0 nitrogen and oxygen atoms in total. The zero-order valence-corrected chi connectivity index (χ0v) is 8.75. The van der Waals surface area contributed by atoms with Gasteiger partial charge < -0.3 is 0 Å². The number of rotatable bonds is 4. The van der Waals surface area contributed by atoms with Gasteiger partial charge >= 0.3 is 0 Å². The van der Waals surface area contributed by atoms with E-state index in [4.69, 9.17) is 0 Å². The molecule has 0 fully saturated rings. The minimum absolute atomic E-state index is 0.518. The number of halogens is 2. The van der Waals surface area contributed by atoms with Crippen LogP contribution in [0.3, 0.4) is 0 Å². The van der Waals surface area contributed by atoms with Gasteiger partial charge in [0.15, 0.2) is 0 Å². The summed E-state index contributed by atoms with van der Waals surface area (Å²) in [5, 5.41) is 0. The molecular formula is C10H20F2. The van der Waals surface area contributed by atoms with Crippen LogP contribution in [-0.4, -0.2) is 5.92 Å². The molecule has 1 unspecified atom stereocenters. The second kappa shape index (κ2) is 3.71. The number of hydrogen-bond donors (Lipinski definition) is 0. The van der Waals surface area contributed by atoms with Crippen molar-refractivity contribution in [2.24, 2.45) is 11.3 Å². The van der Waals surface area contributed by atoms with Crippen LogP contribution in [0.5, 0.6) is 0 Å². The van der Waals surface area contributed by atoms with E-state index < -0.39 is 17.3 Å². The SMILES string of the molecule is CCC(C)C(F)(F)C(C)(C)CC. The molecule has 0 rings (SSSR count). The van der Waals surface area contributed by atoms with Crippen LogP contribution in [0.2, 0.25) is 0 Å². The molecular weight excluding hydrogens is 158 g/mol. The first-order chi connectivity index (χ1) is 5.29. The van der Waals surface area contributed by atoms with E-state index in [1.807, 2.05) is 13.8 Å². The average molecular weight is 178 g/mol. The Morgan fingerprint density at radius 1 is 1.17 bits per heavy atom. The lowest BCUT2D eigenvalue weighted by atomic mass is 9.76. The van der Waals surface area contributed by atoms with Crippen molar-refractivity contribution >= 4 is 0 Å². The maximum Gasteiger partial charge on any atom is 0.255 e. The summed E-state index contributed by atoms with van der Waals surface area (Å²) in [7, 11) is 0. The van der Waals surface area contributed by atoms with Gasteiger partial charge in [0.25, 0.3) is 5.92 Å². The predicted molar refractivity (Wildman–Crippen MR) is 48.5 cm³/mol. The van der Waals surface area contributed by atoms with Gasteiger partial charge in [-0.05, 0) is 12.8 Å². The molecule has 0 aromatic carbocycles. The fourth-order valence-electron chi connectivity index (χ4n) is 1.16. The number of hydrogen-bond acceptors (Lipinski definition) is 0. The molecule has 0 N–H and O–H groups in total. The second-order valence-corrected chi connectivity index (χ2v) is 4.17. The fraction of sp³-hybridized carbons (Fsp3) is 1.00. The van der Waals surface area contributed by atoms with E-state index in [1.54, 1.807) is 20.8 Å². The van der Waals surface area contributed by atoms with Crippen molar-refractivity contribution in [2.75, 3.05) is 0 Å². The van der Waals surface area contributed by atoms with Gasteiger partial charge in [0.05, 0.1) is 0 Å². The molecule has 0 saturated heterocycles. The minimum atomic E-state index is -2.55. The van der Waals surface area contributed by atoms with E-state index in [2.05, 4.69) is 0 Å². The van der Waals surface area contributed by atoms with E-state index >= 15 is 0 Å². The van der Waals surface area contributed by atoms with Crippen LogP contribution in [0.25, 0.3) is 0 Å². The van der Waals surface area contributed by atoms with Gasteiger partial charge in [-0.15, -0.1) is 0 Å². The highest BCUT2D eigenvalue weighted by Gasteiger charge is 2.48. The van der Waals surface area contributed by atoms with E-state index in [0.717, 1.165) is 0 Å². The monoisotopic (exact) mass is 178 g/mol. The summed E-state index contributed by atoms with van der Waals surface area (Å²) in [4.78, 5) is 0. The van der Waals surface area contributed by atoms with Crippen LogP contribution in [0.15, 0.2) is 0 Å². The van der Waals surface area contributed by atoms with Crippen molar-refractivity contribution in [3.05, 3.63) is 0 Å². The van der Waals surface area contributed by atoms with Crippen LogP contribution in [0.1, 0.15) is 47.5 Å². The van der Waals surface area contributed by atoms with Gasteiger partial charge in [0, 0.05) is 11.3 Å². The normalized spacial score (nSPS) is 16.2. The molecule has 2 heteroatoms. The Kier molecular flexibility index (Phi) is 3.67. The average Bonchev–Trinajstić information content (AvgIpc) is 2.02. The first kappa shape index (κ1) is 11.9. The molecule has 0 radical (unpaired) electrons. The molecule has 12 heavy (non-hydrogen) atoms. The Labute approximate surface area is 74.4 Å². The highest BCUT2D eigenvalue weighted by atomic mass is 19.3. The largest absolute Gasteiger partial charge is 0.255 e. The summed E-state index contributed by atoms with van der Waals surface area (Å²) in [6.07, 6.45) is 1.06. The van der Waals surface area contributed by atoms with Crippen LogP contribution < -0.4 is 0 Å². The highest BCUT2D eigenvalue weighted by molar-refractivity contribution is 4.87. The maximum absolute atomic E-state index is 13.6. The molecule has 0 aliphatic rings. The fourth-order valence-corrected chi connectivity index (χ4v) is 1.16. The van der Waals surface area contributed by atoms with Crippen LogP contribution in [-0.2, 0) is 0 Å². The predicted octanol–water partition coefficient (Wildman–Crippen LogP) is 4.10. The summed E-state index contributed by atoms with van der Waals surface area (Å²) in [5.74, 6) is -3.07. The lowest BCUT2D eigenvalue weighted by Gasteiger charge is -2.37. The molecule has 0 heterocycles. The molecule has 0 spiro atoms. The Balaban J connectivity index is 4.58. The Bertz CT molecular complexity index is 139. The Hall–Kier alpha value is -0.140. The third kappa shape index (κ3) is 1.96. The van der Waals surface area contributed by atoms with Gasteiger partial charge in [-0.1, -0.05) is 34.6 Å². The summed E-state index contributed by atoms with van der Waals surface area (Å²) in [5.41, 5.74) is -0.873. The Morgan fingerprint density at radius 3 is 1.83 bits per heavy atom. The maximum atomic E-state index is 13.6. The highest BCUT2D eigenvalue weighted by Crippen LogP contribution is 2.45. The summed E-state index contributed by atoms with van der Waals surface area (Å²) in [6.45, 7) is 8.52. The molecule has 1 atom stereocenters. The van der Waals surface area contributed by atoms with Crippen molar-refractivity contribution in [3.63, 3.8) is 0 Å². The summed E-state index contributed by atoms with van der Waals surface area (Å²) >= 11 is 0. The second-order valence-electron chi connectivity index (χ2n) is 4.17. The smallest absolute Gasteiger partial charge is 0.206 e. The third-order valence-electron chi connectivity index (χ3n) is 3.02. The Morgan fingerprint density at radius 2 is 1.58 bits per heavy atom. The molecule has 0 amide bonds. The molecule has 0 aromatic rings. The standard InChI is InChI=1S/C10H20F2/c1-6-8(3)10(11,12)9(4,5)7-2/h8H,6-7H2,1-5H3. The molecule has 0 saturated carbocycles. The van der Waals surface area contributed by atoms with Gasteiger partial charge in [0.1, 0.15) is 0 Å². The van der Waals surface area contributed by atoms with Crippen molar-refractivity contribution in [2.45, 2.75) is 53.4 Å². The van der Waals surface area contributed by atoms with E-state index in [1.165, 1.54) is 0 Å². The quantitative estimate of drug-likeness (QED) is 0.608. The van der Waals surface area contributed by atoms with Gasteiger partial charge in [0.2, 0.25) is 0 Å². The van der Waals surface area contributed by atoms with Crippen molar-refractivity contribution in [1.29, 1.82) is 0 Å². The lowest BCUT2D eigenvalue weighted by molar-refractivity contribution is -0.147. The van der Waals surface area contributed by atoms with E-state index in [-0.39, 0.29) is 0 Å². The first-order valence-electron chi connectivity index (χ1n) is 4.67. The first-order valence-corrected chi connectivity index (χ1v) is 4.67. The molecule has 0 bridgehead atoms. The van der Waals surface area contributed by atoms with E-state index in [9.17, 15) is 8.78 Å². The molecule has 0 aliphatic heterocycles. The zero-order chi connectivity index (χ0) is 9.99. The van der Waals surface area contributed by atoms with E-state index in [0.29, 0.717) is 12.8 Å². The van der Waals surface area contributed by atoms with Gasteiger partial charge in [-0.3, -0.25) is 0 Å². The topological polar surface area (TPSA) is 0 Å². The van der Waals surface area contributed by atoms with Gasteiger partial charge in [-0.2, -0.15) is 0 Å². The third-order valence-corrected chi connectivity index (χ3v) is 3.02. The summed E-state index contributed by atoms with van der Waals surface area (Å²) < 4.78 is 27.2. The van der Waals surface area contributed by atoms with Crippen LogP contribution >= 0.6 is 0 Å². The zero-order valence-electron chi connectivity index (χ0n) is 8.75. The van der Waals surface area contributed by atoms with Crippen molar-refractivity contribution in [3.8, 4) is 0 Å². The number of alkyl halides is 2. The van der Waals surface area contributed by atoms with Crippen LogP contribution in [0.4, 0.5) is 8.78 Å².